The van der Waals surface area contributed by atoms with Gasteiger partial charge in [-0.15, -0.1) is 0 Å². The molecule has 1 aromatic carbocycles. The number of hydrogen-bond donors (Lipinski definition) is 1. The Bertz CT molecular complexity index is 488. The van der Waals surface area contributed by atoms with Gasteiger partial charge in [-0.3, -0.25) is 0 Å². The largest absolute Gasteiger partial charge is 0.314 e. The maximum Gasteiger partial charge on any atom is 0.0929 e. The van der Waals surface area contributed by atoms with Crippen molar-refractivity contribution in [3.05, 3.63) is 47.7 Å². The number of hydrogen-bond acceptors (Lipinski definition) is 3. The molecule has 0 saturated heterocycles. The van der Waals surface area contributed by atoms with Crippen molar-refractivity contribution in [2.75, 3.05) is 7.05 Å². The van der Waals surface area contributed by atoms with Crippen LogP contribution in [0.2, 0.25) is 0 Å². The van der Waals surface area contributed by atoms with Crippen molar-refractivity contribution in [2.45, 2.75) is 32.7 Å². The molecule has 0 aliphatic rings. The summed E-state index contributed by atoms with van der Waals surface area (Å²) in [4.78, 5) is 0. The summed E-state index contributed by atoms with van der Waals surface area (Å²) in [6, 6.07) is 12.7. The highest BCUT2D eigenvalue weighted by molar-refractivity contribution is 5.58. The highest BCUT2D eigenvalue weighted by Crippen LogP contribution is 2.17. The van der Waals surface area contributed by atoms with Crippen LogP contribution in [0.5, 0.6) is 0 Å². The van der Waals surface area contributed by atoms with Crippen LogP contribution in [0.3, 0.4) is 0 Å². The molecule has 0 aliphatic heterocycles. The van der Waals surface area contributed by atoms with Gasteiger partial charge >= 0.3 is 0 Å². The maximum absolute atomic E-state index is 4.27. The molecule has 0 spiro atoms. The molecule has 2 rings (SSSR count). The summed E-state index contributed by atoms with van der Waals surface area (Å²) in [6.07, 6.45) is 3.64. The fourth-order valence-electron chi connectivity index (χ4n) is 2.01. The molecule has 19 heavy (non-hydrogen) atoms. The van der Waals surface area contributed by atoms with Crippen LogP contribution in [0.1, 0.15) is 31.0 Å². The number of aryl methyl sites for hydroxylation is 1. The van der Waals surface area contributed by atoms with E-state index < -0.39 is 0 Å². The molecule has 0 radical (unpaired) electrons. The quantitative estimate of drug-likeness (QED) is 0.861. The molecule has 0 bridgehead atoms. The zero-order valence-electron chi connectivity index (χ0n) is 11.7. The van der Waals surface area contributed by atoms with E-state index >= 15 is 0 Å². The smallest absolute Gasteiger partial charge is 0.0929 e. The van der Waals surface area contributed by atoms with Crippen LogP contribution in [0.15, 0.2) is 36.4 Å². The Morgan fingerprint density at radius 3 is 2.37 bits per heavy atom. The minimum absolute atomic E-state index is 0.753. The van der Waals surface area contributed by atoms with E-state index in [0.717, 1.165) is 29.9 Å². The fourth-order valence-corrected chi connectivity index (χ4v) is 2.01. The van der Waals surface area contributed by atoms with Crippen molar-refractivity contribution in [1.29, 1.82) is 0 Å². The average Bonchev–Trinajstić information content (AvgIpc) is 2.47. The minimum Gasteiger partial charge on any atom is -0.314 e. The molecule has 3 heteroatoms. The van der Waals surface area contributed by atoms with Gasteiger partial charge in [0.2, 0.25) is 0 Å². The number of aromatic nitrogens is 2. The van der Waals surface area contributed by atoms with Gasteiger partial charge < -0.3 is 5.32 Å². The molecule has 0 amide bonds. The van der Waals surface area contributed by atoms with Gasteiger partial charge in [-0.1, -0.05) is 37.6 Å². The second kappa shape index (κ2) is 7.00. The van der Waals surface area contributed by atoms with Gasteiger partial charge in [0.25, 0.3) is 0 Å². The average molecular weight is 255 g/mol. The zero-order chi connectivity index (χ0) is 13.5. The minimum atomic E-state index is 0.753. The summed E-state index contributed by atoms with van der Waals surface area (Å²) in [5, 5.41) is 11.5. The maximum atomic E-state index is 4.27. The summed E-state index contributed by atoms with van der Waals surface area (Å²) in [5.74, 6) is 0. The topological polar surface area (TPSA) is 37.8 Å². The second-order valence-electron chi connectivity index (χ2n) is 4.74. The molecule has 1 N–H and O–H groups in total. The lowest BCUT2D eigenvalue weighted by Crippen LogP contribution is -2.07. The fraction of sp³-hybridized carbons (Fsp3) is 0.375. The lowest BCUT2D eigenvalue weighted by Gasteiger charge is -2.04. The van der Waals surface area contributed by atoms with E-state index in [0.29, 0.717) is 0 Å². The number of nitrogens with one attached hydrogen (secondary N) is 1. The first-order valence-corrected chi connectivity index (χ1v) is 6.90. The standard InChI is InChI=1S/C16H21N3/c1-3-4-5-13-6-8-14(9-7-13)16-11-10-15(12-17-2)18-19-16/h6-11,17H,3-5,12H2,1-2H3. The van der Waals surface area contributed by atoms with Crippen molar-refractivity contribution in [2.24, 2.45) is 0 Å². The van der Waals surface area contributed by atoms with Crippen LogP contribution in [-0.2, 0) is 13.0 Å². The third-order valence-electron chi connectivity index (χ3n) is 3.15. The first-order chi connectivity index (χ1) is 9.33. The van der Waals surface area contributed by atoms with Crippen molar-refractivity contribution in [3.63, 3.8) is 0 Å². The van der Waals surface area contributed by atoms with E-state index in [9.17, 15) is 0 Å². The summed E-state index contributed by atoms with van der Waals surface area (Å²) in [7, 11) is 1.91. The van der Waals surface area contributed by atoms with E-state index in [4.69, 9.17) is 0 Å². The highest BCUT2D eigenvalue weighted by Gasteiger charge is 2.01. The van der Waals surface area contributed by atoms with Gasteiger partial charge in [-0.05, 0) is 37.6 Å². The van der Waals surface area contributed by atoms with E-state index in [2.05, 4.69) is 46.7 Å². The summed E-state index contributed by atoms with van der Waals surface area (Å²) in [5.41, 5.74) is 4.42. The first-order valence-electron chi connectivity index (χ1n) is 6.90. The van der Waals surface area contributed by atoms with Crippen molar-refractivity contribution in [1.82, 2.24) is 15.5 Å². The third kappa shape index (κ3) is 3.86. The molecule has 2 aromatic rings. The normalized spacial score (nSPS) is 10.6. The number of benzene rings is 1. The molecular formula is C16H21N3. The molecule has 0 unspecified atom stereocenters. The Kier molecular flexibility index (Phi) is 5.04. The lowest BCUT2D eigenvalue weighted by molar-refractivity contribution is 0.768. The summed E-state index contributed by atoms with van der Waals surface area (Å²) >= 11 is 0. The van der Waals surface area contributed by atoms with Crippen molar-refractivity contribution >= 4 is 0 Å². The molecule has 0 atom stereocenters. The predicted molar refractivity (Wildman–Crippen MR) is 78.8 cm³/mol. The first kappa shape index (κ1) is 13.7. The van der Waals surface area contributed by atoms with Gasteiger partial charge in [0, 0.05) is 12.1 Å². The second-order valence-corrected chi connectivity index (χ2v) is 4.74. The SMILES string of the molecule is CCCCc1ccc(-c2ccc(CNC)nn2)cc1. The van der Waals surface area contributed by atoms with Gasteiger partial charge in [0.1, 0.15) is 0 Å². The Hall–Kier alpha value is -1.74. The molecule has 0 saturated carbocycles. The van der Waals surface area contributed by atoms with Gasteiger partial charge in [0.05, 0.1) is 11.4 Å². The molecule has 100 valence electrons. The number of rotatable bonds is 6. The Balaban J connectivity index is 2.08. The van der Waals surface area contributed by atoms with Crippen LogP contribution in [0.4, 0.5) is 0 Å². The monoisotopic (exact) mass is 255 g/mol. The Morgan fingerprint density at radius 2 is 1.79 bits per heavy atom. The highest BCUT2D eigenvalue weighted by atomic mass is 15.1. The molecule has 0 fully saturated rings. The van der Waals surface area contributed by atoms with Gasteiger partial charge in [0.15, 0.2) is 0 Å². The zero-order valence-corrected chi connectivity index (χ0v) is 11.7. The lowest BCUT2D eigenvalue weighted by atomic mass is 10.0. The van der Waals surface area contributed by atoms with Crippen LogP contribution >= 0.6 is 0 Å². The predicted octanol–water partition coefficient (Wildman–Crippen LogP) is 3.21. The number of nitrogens with zero attached hydrogens (tertiary/aromatic N) is 2. The van der Waals surface area contributed by atoms with E-state index in [1.165, 1.54) is 18.4 Å². The van der Waals surface area contributed by atoms with E-state index in [1.54, 1.807) is 0 Å². The van der Waals surface area contributed by atoms with Gasteiger partial charge in [-0.2, -0.15) is 10.2 Å². The van der Waals surface area contributed by atoms with E-state index in [1.807, 2.05) is 19.2 Å². The Morgan fingerprint density at radius 1 is 1.00 bits per heavy atom. The van der Waals surface area contributed by atoms with E-state index in [-0.39, 0.29) is 0 Å². The molecule has 0 aliphatic carbocycles. The van der Waals surface area contributed by atoms with Crippen LogP contribution in [-0.4, -0.2) is 17.2 Å². The Labute approximate surface area is 115 Å². The van der Waals surface area contributed by atoms with Crippen LogP contribution < -0.4 is 5.32 Å². The molecule has 1 heterocycles. The summed E-state index contributed by atoms with van der Waals surface area (Å²) < 4.78 is 0. The number of unbranched alkanes of at least 4 members (excludes halogenated alkanes) is 1. The van der Waals surface area contributed by atoms with Crippen LogP contribution in [0.25, 0.3) is 11.3 Å². The van der Waals surface area contributed by atoms with Crippen LogP contribution in [0, 0.1) is 0 Å². The van der Waals surface area contributed by atoms with Crippen molar-refractivity contribution < 1.29 is 0 Å². The summed E-state index contributed by atoms with van der Waals surface area (Å²) in [6.45, 7) is 2.97. The molecular weight excluding hydrogens is 234 g/mol. The third-order valence-corrected chi connectivity index (χ3v) is 3.15. The molecule has 3 nitrogen and oxygen atoms in total. The van der Waals surface area contributed by atoms with Gasteiger partial charge in [-0.25, -0.2) is 0 Å². The molecule has 1 aromatic heterocycles. The van der Waals surface area contributed by atoms with Crippen molar-refractivity contribution in [3.8, 4) is 11.3 Å².